The highest BCUT2D eigenvalue weighted by molar-refractivity contribution is 7.99. The van der Waals surface area contributed by atoms with E-state index in [1.165, 1.54) is 22.2 Å². The average Bonchev–Trinajstić information content (AvgIpc) is 3.29. The van der Waals surface area contributed by atoms with E-state index in [1.807, 2.05) is 30.3 Å². The number of para-hydroxylation sites is 1. The third-order valence-corrected chi connectivity index (χ3v) is 7.21. The molecule has 0 radical (unpaired) electrons. The van der Waals surface area contributed by atoms with Crippen LogP contribution in [-0.2, 0) is 12.8 Å². The Labute approximate surface area is 171 Å². The number of nitriles is 2. The van der Waals surface area contributed by atoms with Crippen LogP contribution in [0.5, 0.6) is 0 Å². The van der Waals surface area contributed by atoms with E-state index in [2.05, 4.69) is 12.1 Å². The Hall–Kier alpha value is -2.61. The molecule has 0 N–H and O–H groups in total. The smallest absolute Gasteiger partial charge is 0.267 e. The number of thioether (sulfide) groups is 1. The zero-order chi connectivity index (χ0) is 19.5. The summed E-state index contributed by atoms with van der Waals surface area (Å²) in [6.07, 6.45) is 3.95. The second-order valence-electron chi connectivity index (χ2n) is 6.74. The first-order chi connectivity index (χ1) is 13.7. The number of rotatable bonds is 6. The molecule has 2 aromatic heterocycles. The summed E-state index contributed by atoms with van der Waals surface area (Å²) in [5, 5.41) is 19.5. The van der Waals surface area contributed by atoms with Crippen LogP contribution in [-0.4, -0.2) is 15.3 Å². The molecular weight excluding hydrogens is 388 g/mol. The molecule has 1 aliphatic rings. The largest absolute Gasteiger partial charge is 0.268 e. The molecule has 0 fully saturated rings. The molecule has 0 saturated carbocycles. The van der Waals surface area contributed by atoms with Crippen molar-refractivity contribution < 1.29 is 0 Å². The number of hydrogen-bond acceptors (Lipinski definition) is 6. The van der Waals surface area contributed by atoms with E-state index in [0.717, 1.165) is 35.2 Å². The number of thiophene rings is 1. The van der Waals surface area contributed by atoms with Crippen molar-refractivity contribution in [3.63, 3.8) is 0 Å². The van der Waals surface area contributed by atoms with Gasteiger partial charge in [0, 0.05) is 17.1 Å². The van der Waals surface area contributed by atoms with Crippen molar-refractivity contribution in [2.75, 3.05) is 5.75 Å². The summed E-state index contributed by atoms with van der Waals surface area (Å²) < 4.78 is 1.68. The second kappa shape index (κ2) is 8.18. The molecule has 0 unspecified atom stereocenters. The van der Waals surface area contributed by atoms with Crippen LogP contribution in [0.1, 0.15) is 29.7 Å². The minimum Gasteiger partial charge on any atom is -0.268 e. The Kier molecular flexibility index (Phi) is 5.47. The molecule has 7 heteroatoms. The van der Waals surface area contributed by atoms with Gasteiger partial charge in [-0.05, 0) is 43.4 Å². The van der Waals surface area contributed by atoms with Crippen molar-refractivity contribution in [3.05, 3.63) is 51.1 Å². The quantitative estimate of drug-likeness (QED) is 0.445. The van der Waals surface area contributed by atoms with Gasteiger partial charge in [0.1, 0.15) is 4.83 Å². The van der Waals surface area contributed by atoms with Gasteiger partial charge in [-0.25, -0.2) is 4.98 Å². The molecule has 1 aliphatic carbocycles. The molecule has 0 spiro atoms. The maximum atomic E-state index is 13.5. The van der Waals surface area contributed by atoms with Crippen LogP contribution in [0.3, 0.4) is 0 Å². The lowest BCUT2D eigenvalue weighted by Gasteiger charge is -2.13. The number of aryl methyl sites for hydroxylation is 2. The molecule has 3 aromatic rings. The van der Waals surface area contributed by atoms with Crippen LogP contribution in [0.4, 0.5) is 0 Å². The monoisotopic (exact) mass is 406 g/mol. The molecule has 5 nitrogen and oxygen atoms in total. The van der Waals surface area contributed by atoms with Gasteiger partial charge in [-0.3, -0.25) is 9.36 Å². The van der Waals surface area contributed by atoms with Crippen LogP contribution in [0.15, 0.2) is 40.3 Å². The van der Waals surface area contributed by atoms with Crippen molar-refractivity contribution in [1.29, 1.82) is 10.5 Å². The molecule has 1 aromatic carbocycles. The highest BCUT2D eigenvalue weighted by atomic mass is 32.2. The van der Waals surface area contributed by atoms with Gasteiger partial charge < -0.3 is 0 Å². The van der Waals surface area contributed by atoms with Gasteiger partial charge in [0.2, 0.25) is 0 Å². The van der Waals surface area contributed by atoms with E-state index in [9.17, 15) is 10.1 Å². The van der Waals surface area contributed by atoms with Gasteiger partial charge in [-0.1, -0.05) is 30.0 Å². The average molecular weight is 407 g/mol. The summed E-state index contributed by atoms with van der Waals surface area (Å²) in [6.45, 7) is 0. The number of hydrogen-bond donors (Lipinski definition) is 0. The molecule has 0 amide bonds. The molecule has 1 atom stereocenters. The Balaban J connectivity index is 1.80. The topological polar surface area (TPSA) is 82.5 Å². The Bertz CT molecular complexity index is 1150. The molecule has 0 saturated heterocycles. The SMILES string of the molecule is N#CCC[C@@H](C#N)CSc1nc2sc3c(c2c(=O)n1-c1ccccc1)CCC3. The summed E-state index contributed by atoms with van der Waals surface area (Å²) in [4.78, 5) is 20.4. The van der Waals surface area contributed by atoms with Gasteiger partial charge in [0.15, 0.2) is 5.16 Å². The minimum atomic E-state index is -0.241. The third kappa shape index (κ3) is 3.44. The molecule has 4 rings (SSSR count). The highest BCUT2D eigenvalue weighted by Crippen LogP contribution is 2.36. The van der Waals surface area contributed by atoms with Crippen LogP contribution in [0, 0.1) is 28.6 Å². The molecule has 0 bridgehead atoms. The van der Waals surface area contributed by atoms with Crippen molar-refractivity contribution >= 4 is 33.3 Å². The standard InChI is InChI=1S/C21H18N4OS2/c22-11-5-6-14(12-23)13-27-21-24-19-18(16-9-4-10-17(16)28-19)20(26)25(21)15-7-2-1-3-8-15/h1-3,7-8,14H,4-6,9-10,13H2/t14-/m0/s1. The van der Waals surface area contributed by atoms with Crippen molar-refractivity contribution in [1.82, 2.24) is 9.55 Å². The summed E-state index contributed by atoms with van der Waals surface area (Å²) in [5.74, 6) is 0.267. The van der Waals surface area contributed by atoms with Gasteiger partial charge in [-0.15, -0.1) is 11.3 Å². The third-order valence-electron chi connectivity index (χ3n) is 4.92. The lowest BCUT2D eigenvalue weighted by molar-refractivity contribution is 0.683. The molecular formula is C21H18N4OS2. The van der Waals surface area contributed by atoms with Gasteiger partial charge >= 0.3 is 0 Å². The summed E-state index contributed by atoms with van der Waals surface area (Å²) in [5.41, 5.74) is 1.93. The number of aromatic nitrogens is 2. The lowest BCUT2D eigenvalue weighted by atomic mass is 10.1. The van der Waals surface area contributed by atoms with Crippen molar-refractivity contribution in [3.8, 4) is 17.8 Å². The van der Waals surface area contributed by atoms with E-state index >= 15 is 0 Å². The fourth-order valence-corrected chi connectivity index (χ4v) is 5.90. The van der Waals surface area contributed by atoms with E-state index < -0.39 is 0 Å². The first kappa shape index (κ1) is 18.7. The van der Waals surface area contributed by atoms with Crippen molar-refractivity contribution in [2.45, 2.75) is 37.3 Å². The number of benzene rings is 1. The molecule has 2 heterocycles. The van der Waals surface area contributed by atoms with Gasteiger partial charge in [0.25, 0.3) is 5.56 Å². The van der Waals surface area contributed by atoms with Crippen LogP contribution in [0.2, 0.25) is 0 Å². The van der Waals surface area contributed by atoms with Crippen LogP contribution in [0.25, 0.3) is 15.9 Å². The maximum Gasteiger partial charge on any atom is 0.267 e. The predicted octanol–water partition coefficient (Wildman–Crippen LogP) is 4.47. The zero-order valence-corrected chi connectivity index (χ0v) is 16.9. The summed E-state index contributed by atoms with van der Waals surface area (Å²) in [6, 6.07) is 13.9. The zero-order valence-electron chi connectivity index (χ0n) is 15.2. The molecule has 28 heavy (non-hydrogen) atoms. The van der Waals surface area contributed by atoms with Crippen molar-refractivity contribution in [2.24, 2.45) is 5.92 Å². The Morgan fingerprint density at radius 3 is 2.82 bits per heavy atom. The van der Waals surface area contributed by atoms with E-state index in [4.69, 9.17) is 10.2 Å². The molecule has 0 aliphatic heterocycles. The van der Waals surface area contributed by atoms with E-state index in [1.54, 1.807) is 15.9 Å². The van der Waals surface area contributed by atoms with Gasteiger partial charge in [0.05, 0.1) is 29.1 Å². The van der Waals surface area contributed by atoms with E-state index in [0.29, 0.717) is 23.8 Å². The predicted molar refractivity (Wildman–Crippen MR) is 112 cm³/mol. The first-order valence-electron chi connectivity index (χ1n) is 9.25. The Morgan fingerprint density at radius 1 is 1.25 bits per heavy atom. The summed E-state index contributed by atoms with van der Waals surface area (Å²) >= 11 is 3.05. The van der Waals surface area contributed by atoms with Gasteiger partial charge in [-0.2, -0.15) is 10.5 Å². The second-order valence-corrected chi connectivity index (χ2v) is 8.81. The lowest BCUT2D eigenvalue weighted by Crippen LogP contribution is -2.22. The van der Waals surface area contributed by atoms with Crippen LogP contribution >= 0.6 is 23.1 Å². The minimum absolute atomic E-state index is 0.0244. The fourth-order valence-electron chi connectivity index (χ4n) is 3.53. The van der Waals surface area contributed by atoms with Crippen LogP contribution < -0.4 is 5.56 Å². The summed E-state index contributed by atoms with van der Waals surface area (Å²) in [7, 11) is 0. The molecule has 140 valence electrons. The highest BCUT2D eigenvalue weighted by Gasteiger charge is 2.24. The first-order valence-corrected chi connectivity index (χ1v) is 11.0. The number of fused-ring (bicyclic) bond motifs is 3. The van der Waals surface area contributed by atoms with E-state index in [-0.39, 0.29) is 11.5 Å². The number of nitrogens with zero attached hydrogens (tertiary/aromatic N) is 4. The fraction of sp³-hybridized carbons (Fsp3) is 0.333. The normalized spacial score (nSPS) is 13.8. The maximum absolute atomic E-state index is 13.5. The Morgan fingerprint density at radius 2 is 2.07 bits per heavy atom.